The van der Waals surface area contributed by atoms with Gasteiger partial charge in [0.25, 0.3) is 11.7 Å². The summed E-state index contributed by atoms with van der Waals surface area (Å²) in [5, 5.41) is 8.72. The van der Waals surface area contributed by atoms with Gasteiger partial charge in [0.1, 0.15) is 0 Å². The first kappa shape index (κ1) is 19.9. The van der Waals surface area contributed by atoms with Crippen LogP contribution in [0.1, 0.15) is 23.2 Å². The molecule has 0 saturated carbocycles. The zero-order valence-corrected chi connectivity index (χ0v) is 16.8. The number of rotatable bonds is 5. The maximum atomic E-state index is 12.9. The predicted octanol–water partition coefficient (Wildman–Crippen LogP) is 3.35. The van der Waals surface area contributed by atoms with Gasteiger partial charge in [0, 0.05) is 44.2 Å². The maximum Gasteiger partial charge on any atom is 0.288 e. The summed E-state index contributed by atoms with van der Waals surface area (Å²) in [6, 6.07) is 10.5. The normalized spacial score (nSPS) is 17.3. The van der Waals surface area contributed by atoms with E-state index in [1.165, 1.54) is 12.8 Å². The van der Waals surface area contributed by atoms with E-state index in [2.05, 4.69) is 20.0 Å². The Morgan fingerprint density at radius 1 is 0.862 bits per heavy atom. The lowest BCUT2D eigenvalue weighted by molar-refractivity contribution is 0.0743. The third-order valence-electron chi connectivity index (χ3n) is 5.29. The molecule has 2 aliphatic rings. The molecule has 3 heterocycles. The topological polar surface area (TPSA) is 52.6 Å². The average Bonchev–Trinajstić information content (AvgIpc) is 3.28. The monoisotopic (exact) mass is 419 g/mol. The molecule has 0 atom stereocenters. The molecule has 2 fully saturated rings. The summed E-state index contributed by atoms with van der Waals surface area (Å²) in [4.78, 5) is 19.2. The lowest BCUT2D eigenvalue weighted by Gasteiger charge is -2.35. The van der Waals surface area contributed by atoms with Gasteiger partial charge in [-0.05, 0) is 37.1 Å². The molecule has 1 aromatic carbocycles. The van der Waals surface area contributed by atoms with E-state index in [1.54, 1.807) is 29.2 Å². The van der Waals surface area contributed by atoms with Crippen LogP contribution in [0.25, 0.3) is 0 Å². The van der Waals surface area contributed by atoms with Crippen molar-refractivity contribution in [1.82, 2.24) is 15.1 Å². The van der Waals surface area contributed by atoms with Crippen molar-refractivity contribution in [1.29, 1.82) is 0 Å². The Kier molecular flexibility index (Phi) is 6.13. The number of hydrogen-bond donors (Lipinski definition) is 0. The molecule has 154 valence electrons. The van der Waals surface area contributed by atoms with Gasteiger partial charge >= 0.3 is 0 Å². The van der Waals surface area contributed by atoms with E-state index in [1.807, 2.05) is 12.1 Å². The fourth-order valence-electron chi connectivity index (χ4n) is 3.75. The van der Waals surface area contributed by atoms with Crippen LogP contribution in [0.2, 0.25) is 0 Å². The van der Waals surface area contributed by atoms with Crippen LogP contribution in [-0.2, 0) is 0 Å². The van der Waals surface area contributed by atoms with Gasteiger partial charge in [0.15, 0.2) is 11.6 Å². The van der Waals surface area contributed by atoms with E-state index in [0.29, 0.717) is 48.4 Å². The van der Waals surface area contributed by atoms with Gasteiger partial charge in [-0.15, -0.1) is 10.2 Å². The van der Waals surface area contributed by atoms with Gasteiger partial charge in [-0.25, -0.2) is 0 Å². The molecule has 6 nitrogen and oxygen atoms in total. The summed E-state index contributed by atoms with van der Waals surface area (Å²) in [5.41, 5.74) is 0.334. The molecule has 29 heavy (non-hydrogen) atoms. The number of carbonyl (C=O) groups is 1. The Morgan fingerprint density at radius 2 is 1.45 bits per heavy atom. The van der Waals surface area contributed by atoms with Crippen molar-refractivity contribution < 1.29 is 13.6 Å². The first-order valence-corrected chi connectivity index (χ1v) is 10.7. The number of hydrogen-bond acceptors (Lipinski definition) is 6. The second kappa shape index (κ2) is 8.94. The Hall–Kier alpha value is -2.42. The summed E-state index contributed by atoms with van der Waals surface area (Å²) in [6.45, 7) is 4.35. The summed E-state index contributed by atoms with van der Waals surface area (Å²) in [5.74, 6) is -1.05. The smallest absolute Gasteiger partial charge is 0.288 e. The number of carbonyl (C=O) groups excluding carboxylic acids is 1. The number of anilines is 2. The molecule has 2 aromatic rings. The fraction of sp³-hybridized carbons (Fsp3) is 0.450. The third-order valence-corrected chi connectivity index (χ3v) is 6.08. The molecule has 0 bridgehead atoms. The zero-order chi connectivity index (χ0) is 20.2. The van der Waals surface area contributed by atoms with Gasteiger partial charge in [0.05, 0.1) is 5.56 Å². The maximum absolute atomic E-state index is 12.9. The van der Waals surface area contributed by atoms with Crippen LogP contribution in [-0.4, -0.2) is 66.0 Å². The molecule has 9 heteroatoms. The van der Waals surface area contributed by atoms with E-state index in [-0.39, 0.29) is 5.91 Å². The first-order valence-electron chi connectivity index (χ1n) is 9.78. The second-order valence-electron chi connectivity index (χ2n) is 7.10. The van der Waals surface area contributed by atoms with Crippen LogP contribution < -0.4 is 9.80 Å². The second-order valence-corrected chi connectivity index (χ2v) is 8.13. The quantitative estimate of drug-likeness (QED) is 0.693. The van der Waals surface area contributed by atoms with Crippen LogP contribution in [0, 0.1) is 0 Å². The summed E-state index contributed by atoms with van der Waals surface area (Å²) < 4.78 is 25.6. The minimum Gasteiger partial charge on any atom is -0.355 e. The van der Waals surface area contributed by atoms with Crippen LogP contribution in [0.3, 0.4) is 0 Å². The largest absolute Gasteiger partial charge is 0.355 e. The molecule has 0 spiro atoms. The number of halogens is 2. The van der Waals surface area contributed by atoms with Crippen LogP contribution in [0.5, 0.6) is 0 Å². The Morgan fingerprint density at radius 3 is 2.03 bits per heavy atom. The van der Waals surface area contributed by atoms with Crippen LogP contribution in [0.4, 0.5) is 20.4 Å². The number of thioether (sulfide) groups is 1. The molecule has 0 unspecified atom stereocenters. The van der Waals surface area contributed by atoms with Crippen molar-refractivity contribution in [2.45, 2.75) is 23.5 Å². The molecule has 2 saturated heterocycles. The SMILES string of the molecule is O=C(c1ccccc1SC(F)F)N1CCN(c2ccc(N3CCCC3)nn2)CC1. The van der Waals surface area contributed by atoms with Gasteiger partial charge in [-0.3, -0.25) is 4.79 Å². The van der Waals surface area contributed by atoms with E-state index in [4.69, 9.17) is 0 Å². The third kappa shape index (κ3) is 4.60. The number of amides is 1. The van der Waals surface area contributed by atoms with Crippen molar-refractivity contribution in [3.05, 3.63) is 42.0 Å². The van der Waals surface area contributed by atoms with Crippen molar-refractivity contribution in [2.24, 2.45) is 0 Å². The van der Waals surface area contributed by atoms with E-state index in [0.717, 1.165) is 24.7 Å². The number of nitrogens with zero attached hydrogens (tertiary/aromatic N) is 5. The molecule has 1 amide bonds. The predicted molar refractivity (Wildman–Crippen MR) is 110 cm³/mol. The van der Waals surface area contributed by atoms with Crippen molar-refractivity contribution in [3.63, 3.8) is 0 Å². The molecular weight excluding hydrogens is 396 g/mol. The molecule has 0 aliphatic carbocycles. The Labute approximate surface area is 172 Å². The van der Waals surface area contributed by atoms with Crippen molar-refractivity contribution >= 4 is 29.3 Å². The first-order chi connectivity index (χ1) is 14.1. The van der Waals surface area contributed by atoms with Crippen LogP contribution >= 0.6 is 11.8 Å². The molecule has 1 aromatic heterocycles. The van der Waals surface area contributed by atoms with E-state index in [9.17, 15) is 13.6 Å². The Balaban J connectivity index is 1.37. The van der Waals surface area contributed by atoms with Gasteiger partial charge in [-0.1, -0.05) is 23.9 Å². The molecule has 2 aliphatic heterocycles. The fourth-order valence-corrected chi connectivity index (χ4v) is 4.38. The highest BCUT2D eigenvalue weighted by atomic mass is 32.2. The van der Waals surface area contributed by atoms with Gasteiger partial charge in [-0.2, -0.15) is 8.78 Å². The summed E-state index contributed by atoms with van der Waals surface area (Å²) in [6.07, 6.45) is 2.39. The Bertz CT molecular complexity index is 837. The summed E-state index contributed by atoms with van der Waals surface area (Å²) >= 11 is 0.413. The van der Waals surface area contributed by atoms with Gasteiger partial charge < -0.3 is 14.7 Å². The number of alkyl halides is 2. The highest BCUT2D eigenvalue weighted by Gasteiger charge is 2.25. The zero-order valence-electron chi connectivity index (χ0n) is 16.0. The molecule has 0 N–H and O–H groups in total. The highest BCUT2D eigenvalue weighted by molar-refractivity contribution is 7.99. The minimum atomic E-state index is -2.55. The number of aromatic nitrogens is 2. The standard InChI is InChI=1S/C20H23F2N5OS/c21-20(22)29-16-6-2-1-5-15(16)19(28)27-13-11-26(12-14-27)18-8-7-17(23-24-18)25-9-3-4-10-25/h1-2,5-8,20H,3-4,9-14H2. The molecular formula is C20H23F2N5OS. The molecule has 0 radical (unpaired) electrons. The van der Waals surface area contributed by atoms with Crippen LogP contribution in [0.15, 0.2) is 41.3 Å². The number of benzene rings is 1. The lowest BCUT2D eigenvalue weighted by Crippen LogP contribution is -2.49. The summed E-state index contributed by atoms with van der Waals surface area (Å²) in [7, 11) is 0. The number of piperazine rings is 1. The minimum absolute atomic E-state index is 0.205. The van der Waals surface area contributed by atoms with E-state index >= 15 is 0 Å². The van der Waals surface area contributed by atoms with Crippen molar-refractivity contribution in [3.8, 4) is 0 Å². The average molecular weight is 420 g/mol. The van der Waals surface area contributed by atoms with Crippen molar-refractivity contribution in [2.75, 3.05) is 49.1 Å². The molecule has 4 rings (SSSR count). The highest BCUT2D eigenvalue weighted by Crippen LogP contribution is 2.29. The lowest BCUT2D eigenvalue weighted by atomic mass is 10.2. The van der Waals surface area contributed by atoms with E-state index < -0.39 is 5.76 Å². The van der Waals surface area contributed by atoms with Gasteiger partial charge in [0.2, 0.25) is 0 Å².